The summed E-state index contributed by atoms with van der Waals surface area (Å²) in [7, 11) is 3.11. The minimum absolute atomic E-state index is 0.322. The molecule has 29 heavy (non-hydrogen) atoms. The second kappa shape index (κ2) is 8.32. The van der Waals surface area contributed by atoms with Gasteiger partial charge in [-0.1, -0.05) is 6.08 Å². The van der Waals surface area contributed by atoms with Crippen LogP contribution in [0.1, 0.15) is 11.1 Å². The van der Waals surface area contributed by atoms with Gasteiger partial charge in [-0.05, 0) is 50.4 Å². The molecule has 7 nitrogen and oxygen atoms in total. The number of aryl methyl sites for hydroxylation is 1. The Morgan fingerprint density at radius 3 is 2.41 bits per heavy atom. The number of imidazole rings is 1. The van der Waals surface area contributed by atoms with E-state index < -0.39 is 0 Å². The molecule has 0 saturated heterocycles. The molecule has 0 fully saturated rings. The zero-order valence-corrected chi connectivity index (χ0v) is 17.8. The van der Waals surface area contributed by atoms with Gasteiger partial charge < -0.3 is 9.88 Å². The number of thiophene rings is 2. The first-order valence-corrected chi connectivity index (χ1v) is 11.0. The van der Waals surface area contributed by atoms with Crippen molar-refractivity contribution in [3.8, 4) is 0 Å². The first kappa shape index (κ1) is 19.6. The molecule has 0 spiro atoms. The van der Waals surface area contributed by atoms with Crippen LogP contribution in [-0.2, 0) is 20.6 Å². The van der Waals surface area contributed by atoms with Crippen LogP contribution in [0.5, 0.6) is 0 Å². The second-order valence-corrected chi connectivity index (χ2v) is 8.22. The molecule has 4 rings (SSSR count). The monoisotopic (exact) mass is 427 g/mol. The van der Waals surface area contributed by atoms with Gasteiger partial charge in [0.2, 0.25) is 0 Å². The fraction of sp³-hybridized carbons (Fsp3) is 0.250. The lowest BCUT2D eigenvalue weighted by atomic mass is 10.0. The number of rotatable bonds is 7. The summed E-state index contributed by atoms with van der Waals surface area (Å²) in [6.07, 6.45) is 3.81. The molecule has 0 aromatic carbocycles. The van der Waals surface area contributed by atoms with E-state index in [9.17, 15) is 9.59 Å². The lowest BCUT2D eigenvalue weighted by molar-refractivity contribution is 0.631. The first-order valence-electron chi connectivity index (χ1n) is 9.15. The molecule has 4 heterocycles. The highest BCUT2D eigenvalue weighted by molar-refractivity contribution is 7.08. The molecular formula is C20H21N5O2S2. The van der Waals surface area contributed by atoms with Crippen LogP contribution in [0.4, 0.5) is 0 Å². The number of fused-ring (bicyclic) bond motifs is 1. The molecule has 0 atom stereocenters. The van der Waals surface area contributed by atoms with Gasteiger partial charge in [0.25, 0.3) is 5.56 Å². The van der Waals surface area contributed by atoms with Crippen molar-refractivity contribution in [3.05, 3.63) is 78.0 Å². The summed E-state index contributed by atoms with van der Waals surface area (Å²) in [6, 6.07) is 4.26. The molecule has 150 valence electrons. The zero-order valence-electron chi connectivity index (χ0n) is 16.2. The largest absolute Gasteiger partial charge is 0.332 e. The van der Waals surface area contributed by atoms with Crippen LogP contribution in [-0.4, -0.2) is 31.8 Å². The van der Waals surface area contributed by atoms with E-state index in [1.165, 1.54) is 28.3 Å². The van der Waals surface area contributed by atoms with Crippen molar-refractivity contribution in [3.63, 3.8) is 0 Å². The SMILES string of the molecule is Cn1c(=O)c2c(ncn2CCNCC=C(c2ccsc2)c2ccsc2)n(C)c1=O. The third-order valence-electron chi connectivity index (χ3n) is 4.86. The van der Waals surface area contributed by atoms with Gasteiger partial charge in [-0.25, -0.2) is 9.78 Å². The molecule has 0 bridgehead atoms. The molecule has 4 aromatic rings. The van der Waals surface area contributed by atoms with Crippen LogP contribution in [0, 0.1) is 0 Å². The second-order valence-electron chi connectivity index (χ2n) is 6.66. The van der Waals surface area contributed by atoms with Crippen LogP contribution in [0.25, 0.3) is 16.7 Å². The molecule has 1 N–H and O–H groups in total. The van der Waals surface area contributed by atoms with Crippen LogP contribution in [0.2, 0.25) is 0 Å². The molecule has 0 amide bonds. The van der Waals surface area contributed by atoms with Crippen molar-refractivity contribution in [1.82, 2.24) is 24.0 Å². The van der Waals surface area contributed by atoms with E-state index >= 15 is 0 Å². The number of hydrogen-bond acceptors (Lipinski definition) is 6. The Morgan fingerprint density at radius 2 is 1.79 bits per heavy atom. The fourth-order valence-electron chi connectivity index (χ4n) is 3.28. The first-order chi connectivity index (χ1) is 14.1. The summed E-state index contributed by atoms with van der Waals surface area (Å²) < 4.78 is 4.31. The van der Waals surface area contributed by atoms with Crippen molar-refractivity contribution in [2.24, 2.45) is 14.1 Å². The molecule has 0 aliphatic heterocycles. The third-order valence-corrected chi connectivity index (χ3v) is 6.23. The Balaban J connectivity index is 1.47. The fourth-order valence-corrected chi connectivity index (χ4v) is 4.59. The summed E-state index contributed by atoms with van der Waals surface area (Å²) >= 11 is 3.38. The molecule has 4 aromatic heterocycles. The minimum atomic E-state index is -0.370. The number of nitrogens with one attached hydrogen (secondary N) is 1. The highest BCUT2D eigenvalue weighted by atomic mass is 32.1. The van der Waals surface area contributed by atoms with Crippen molar-refractivity contribution in [1.29, 1.82) is 0 Å². The molecule has 0 radical (unpaired) electrons. The number of hydrogen-bond donors (Lipinski definition) is 1. The van der Waals surface area contributed by atoms with Gasteiger partial charge in [-0.15, -0.1) is 0 Å². The number of nitrogens with zero attached hydrogens (tertiary/aromatic N) is 4. The zero-order chi connectivity index (χ0) is 20.4. The van der Waals surface area contributed by atoms with E-state index in [0.717, 1.165) is 4.57 Å². The molecule has 0 aliphatic carbocycles. The Labute approximate surface area is 175 Å². The third kappa shape index (κ3) is 3.76. The van der Waals surface area contributed by atoms with E-state index in [1.54, 1.807) is 40.6 Å². The summed E-state index contributed by atoms with van der Waals surface area (Å²) in [6.45, 7) is 1.97. The van der Waals surface area contributed by atoms with Crippen LogP contribution >= 0.6 is 22.7 Å². The van der Waals surface area contributed by atoms with E-state index in [-0.39, 0.29) is 11.2 Å². The topological polar surface area (TPSA) is 73.8 Å². The lowest BCUT2D eigenvalue weighted by Crippen LogP contribution is -2.37. The molecular weight excluding hydrogens is 406 g/mol. The van der Waals surface area contributed by atoms with Gasteiger partial charge in [-0.2, -0.15) is 22.7 Å². The highest BCUT2D eigenvalue weighted by Gasteiger charge is 2.13. The standard InChI is InChI=1S/C20H21N5O2S2/c1-23-18-17(19(26)24(2)20(23)27)25(13-22-18)8-7-21-6-3-16(14-4-9-28-11-14)15-5-10-29-12-15/h3-5,9-13,21H,6-8H2,1-2H3. The maximum atomic E-state index is 12.5. The highest BCUT2D eigenvalue weighted by Crippen LogP contribution is 2.26. The summed E-state index contributed by atoms with van der Waals surface area (Å²) in [5.74, 6) is 0. The molecule has 0 aliphatic rings. The van der Waals surface area contributed by atoms with E-state index in [4.69, 9.17) is 0 Å². The Hall–Kier alpha value is -2.75. The van der Waals surface area contributed by atoms with Crippen LogP contribution in [0.15, 0.2) is 55.6 Å². The van der Waals surface area contributed by atoms with E-state index in [1.807, 2.05) is 0 Å². The van der Waals surface area contributed by atoms with Gasteiger partial charge >= 0.3 is 5.69 Å². The summed E-state index contributed by atoms with van der Waals surface area (Å²) in [5, 5.41) is 11.9. The van der Waals surface area contributed by atoms with Crippen LogP contribution < -0.4 is 16.6 Å². The van der Waals surface area contributed by atoms with Crippen LogP contribution in [0.3, 0.4) is 0 Å². The van der Waals surface area contributed by atoms with E-state index in [2.05, 4.69) is 50.0 Å². The summed E-state index contributed by atoms with van der Waals surface area (Å²) in [4.78, 5) is 28.8. The minimum Gasteiger partial charge on any atom is -0.323 e. The maximum Gasteiger partial charge on any atom is 0.332 e. The van der Waals surface area contributed by atoms with Crippen molar-refractivity contribution in [2.45, 2.75) is 6.54 Å². The van der Waals surface area contributed by atoms with Gasteiger partial charge in [0.05, 0.1) is 6.33 Å². The van der Waals surface area contributed by atoms with Crippen molar-refractivity contribution in [2.75, 3.05) is 13.1 Å². The Kier molecular flexibility index (Phi) is 5.61. The predicted octanol–water partition coefficient (Wildman–Crippen LogP) is 2.28. The smallest absolute Gasteiger partial charge is 0.323 e. The summed E-state index contributed by atoms with van der Waals surface area (Å²) in [5.41, 5.74) is 3.83. The number of aromatic nitrogens is 4. The quantitative estimate of drug-likeness (QED) is 0.459. The Bertz CT molecular complexity index is 1220. The predicted molar refractivity (Wildman–Crippen MR) is 119 cm³/mol. The average molecular weight is 428 g/mol. The lowest BCUT2D eigenvalue weighted by Gasteiger charge is -2.08. The molecule has 0 saturated carbocycles. The van der Waals surface area contributed by atoms with Gasteiger partial charge in [0.15, 0.2) is 11.2 Å². The van der Waals surface area contributed by atoms with Gasteiger partial charge in [0, 0.05) is 33.7 Å². The van der Waals surface area contributed by atoms with Crippen molar-refractivity contribution < 1.29 is 0 Å². The normalized spacial score (nSPS) is 11.2. The van der Waals surface area contributed by atoms with Gasteiger partial charge in [0.1, 0.15) is 0 Å². The Morgan fingerprint density at radius 1 is 1.10 bits per heavy atom. The van der Waals surface area contributed by atoms with E-state index in [0.29, 0.717) is 30.8 Å². The van der Waals surface area contributed by atoms with Crippen molar-refractivity contribution >= 4 is 39.4 Å². The van der Waals surface area contributed by atoms with Gasteiger partial charge in [-0.3, -0.25) is 13.9 Å². The maximum absolute atomic E-state index is 12.5. The average Bonchev–Trinajstić information content (AvgIpc) is 3.49. The molecule has 0 unspecified atom stereocenters. The molecule has 9 heteroatoms.